The highest BCUT2D eigenvalue weighted by atomic mass is 127. The zero-order valence-corrected chi connectivity index (χ0v) is 18.0. The van der Waals surface area contributed by atoms with E-state index in [1.165, 1.54) is 16.4 Å². The second kappa shape index (κ2) is 9.37. The summed E-state index contributed by atoms with van der Waals surface area (Å²) in [5, 5.41) is 18.2. The van der Waals surface area contributed by atoms with Crippen LogP contribution < -0.4 is 10.6 Å². The minimum atomic E-state index is 0.326. The van der Waals surface area contributed by atoms with Gasteiger partial charge in [-0.25, -0.2) is 0 Å². The van der Waals surface area contributed by atoms with Gasteiger partial charge in [0.1, 0.15) is 5.75 Å². The Labute approximate surface area is 174 Å². The van der Waals surface area contributed by atoms with Crippen LogP contribution in [0.1, 0.15) is 32.3 Å². The first-order chi connectivity index (χ1) is 13.1. The molecule has 27 heavy (non-hydrogen) atoms. The molecule has 1 aromatic heterocycles. The van der Waals surface area contributed by atoms with E-state index in [-0.39, 0.29) is 0 Å². The number of phenolic OH excluding ortho intramolecular Hbond substituents is 1. The van der Waals surface area contributed by atoms with E-state index in [1.54, 1.807) is 6.07 Å². The van der Waals surface area contributed by atoms with Gasteiger partial charge in [-0.3, -0.25) is 4.98 Å². The van der Waals surface area contributed by atoms with Gasteiger partial charge in [0.2, 0.25) is 0 Å². The zero-order valence-electron chi connectivity index (χ0n) is 15.8. The lowest BCUT2D eigenvalue weighted by Gasteiger charge is -2.15. The summed E-state index contributed by atoms with van der Waals surface area (Å²) in [7, 11) is 0. The minimum Gasteiger partial charge on any atom is -0.508 e. The van der Waals surface area contributed by atoms with Crippen molar-refractivity contribution in [3.05, 3.63) is 57.8 Å². The van der Waals surface area contributed by atoms with E-state index in [1.807, 2.05) is 24.4 Å². The molecule has 2 aromatic carbocycles. The quantitative estimate of drug-likeness (QED) is 0.284. The molecule has 3 N–H and O–H groups in total. The highest BCUT2D eigenvalue weighted by Gasteiger charge is 2.08. The Hall–Kier alpha value is -1.86. The Kier molecular flexibility index (Phi) is 6.90. The Balaban J connectivity index is 1.76. The van der Waals surface area contributed by atoms with Crippen LogP contribution >= 0.6 is 22.6 Å². The van der Waals surface area contributed by atoms with Gasteiger partial charge in [-0.15, -0.1) is 0 Å². The molecule has 0 unspecified atom stereocenters. The molecule has 0 aliphatic carbocycles. The molecule has 0 fully saturated rings. The number of hydrogen-bond acceptors (Lipinski definition) is 4. The molecule has 0 amide bonds. The highest BCUT2D eigenvalue weighted by molar-refractivity contribution is 14.1. The first kappa shape index (κ1) is 19.9. The van der Waals surface area contributed by atoms with Crippen molar-refractivity contribution in [2.45, 2.75) is 33.2 Å². The molecule has 0 spiro atoms. The number of anilines is 2. The second-order valence-corrected chi connectivity index (χ2v) is 8.05. The number of aromatic hydroxyl groups is 1. The van der Waals surface area contributed by atoms with Gasteiger partial charge in [0, 0.05) is 38.6 Å². The normalized spacial score (nSPS) is 11.3. The molecule has 142 valence electrons. The molecule has 0 atom stereocenters. The molecular formula is C22H26IN3O. The van der Waals surface area contributed by atoms with E-state index < -0.39 is 0 Å². The van der Waals surface area contributed by atoms with Crippen LogP contribution in [-0.2, 0) is 6.54 Å². The molecule has 0 aliphatic heterocycles. The van der Waals surface area contributed by atoms with Gasteiger partial charge in [0.05, 0.1) is 5.52 Å². The maximum absolute atomic E-state index is 10.2. The van der Waals surface area contributed by atoms with Crippen molar-refractivity contribution in [1.82, 2.24) is 10.3 Å². The summed E-state index contributed by atoms with van der Waals surface area (Å²) in [6.07, 6.45) is 4.16. The van der Waals surface area contributed by atoms with Gasteiger partial charge in [0.15, 0.2) is 0 Å². The van der Waals surface area contributed by atoms with Gasteiger partial charge in [-0.05, 0) is 77.5 Å². The van der Waals surface area contributed by atoms with Crippen LogP contribution in [0.25, 0.3) is 10.9 Å². The van der Waals surface area contributed by atoms with Gasteiger partial charge in [-0.2, -0.15) is 0 Å². The fourth-order valence-electron chi connectivity index (χ4n) is 3.18. The van der Waals surface area contributed by atoms with Crippen LogP contribution in [0.5, 0.6) is 5.75 Å². The largest absolute Gasteiger partial charge is 0.508 e. The van der Waals surface area contributed by atoms with Gasteiger partial charge in [0.25, 0.3) is 0 Å². The first-order valence-corrected chi connectivity index (χ1v) is 10.5. The van der Waals surface area contributed by atoms with E-state index in [4.69, 9.17) is 0 Å². The summed E-state index contributed by atoms with van der Waals surface area (Å²) in [6, 6.07) is 13.9. The van der Waals surface area contributed by atoms with Gasteiger partial charge < -0.3 is 15.7 Å². The SMILES string of the molecule is CCC(CC)CNCc1cc(Nc2ccnc3cc(I)ccc23)ccc1O. The maximum atomic E-state index is 10.2. The summed E-state index contributed by atoms with van der Waals surface area (Å²) in [4.78, 5) is 4.45. The molecule has 0 radical (unpaired) electrons. The number of rotatable bonds is 8. The van der Waals surface area contributed by atoms with Crippen LogP contribution in [0, 0.1) is 9.49 Å². The number of benzene rings is 2. The number of nitrogens with zero attached hydrogens (tertiary/aromatic N) is 1. The summed E-state index contributed by atoms with van der Waals surface area (Å²) in [5.41, 5.74) is 3.84. The summed E-state index contributed by atoms with van der Waals surface area (Å²) in [6.45, 7) is 6.07. The van der Waals surface area contributed by atoms with Crippen LogP contribution in [0.2, 0.25) is 0 Å². The van der Waals surface area contributed by atoms with E-state index in [0.29, 0.717) is 18.2 Å². The van der Waals surface area contributed by atoms with E-state index in [2.05, 4.69) is 70.3 Å². The number of aromatic nitrogens is 1. The molecule has 0 saturated carbocycles. The minimum absolute atomic E-state index is 0.326. The number of halogens is 1. The molecule has 1 heterocycles. The van der Waals surface area contributed by atoms with Gasteiger partial charge >= 0.3 is 0 Å². The smallest absolute Gasteiger partial charge is 0.120 e. The van der Waals surface area contributed by atoms with Crippen LogP contribution in [0.15, 0.2) is 48.7 Å². The molecule has 3 rings (SSSR count). The Morgan fingerprint density at radius 3 is 2.67 bits per heavy atom. The lowest BCUT2D eigenvalue weighted by molar-refractivity contribution is 0.437. The van der Waals surface area contributed by atoms with Crippen molar-refractivity contribution in [2.75, 3.05) is 11.9 Å². The van der Waals surface area contributed by atoms with Crippen molar-refractivity contribution in [3.8, 4) is 5.75 Å². The molecule has 4 nitrogen and oxygen atoms in total. The number of nitrogens with one attached hydrogen (secondary N) is 2. The molecule has 5 heteroatoms. The van der Waals surface area contributed by atoms with E-state index in [0.717, 1.165) is 34.4 Å². The molecule has 0 aliphatic rings. The topological polar surface area (TPSA) is 57.2 Å². The van der Waals surface area contributed by atoms with E-state index >= 15 is 0 Å². The zero-order chi connectivity index (χ0) is 19.2. The number of hydrogen-bond donors (Lipinski definition) is 3. The fraction of sp³-hybridized carbons (Fsp3) is 0.318. The lowest BCUT2D eigenvalue weighted by Crippen LogP contribution is -2.21. The van der Waals surface area contributed by atoms with Crippen LogP contribution in [-0.4, -0.2) is 16.6 Å². The third-order valence-electron chi connectivity index (χ3n) is 4.97. The Morgan fingerprint density at radius 2 is 1.89 bits per heavy atom. The number of pyridine rings is 1. The standard InChI is InChI=1S/C22H26IN3O/c1-3-15(4-2)13-24-14-16-11-18(6-8-22(16)27)26-20-9-10-25-21-12-17(23)5-7-19(20)21/h5-12,15,24,27H,3-4,13-14H2,1-2H3,(H,25,26). The van der Waals surface area contributed by atoms with Crippen molar-refractivity contribution in [2.24, 2.45) is 5.92 Å². The van der Waals surface area contributed by atoms with E-state index in [9.17, 15) is 5.11 Å². The lowest BCUT2D eigenvalue weighted by atomic mass is 10.0. The van der Waals surface area contributed by atoms with Crippen molar-refractivity contribution in [3.63, 3.8) is 0 Å². The predicted molar refractivity (Wildman–Crippen MR) is 122 cm³/mol. The number of phenols is 1. The third kappa shape index (κ3) is 5.11. The maximum Gasteiger partial charge on any atom is 0.120 e. The molecular weight excluding hydrogens is 449 g/mol. The third-order valence-corrected chi connectivity index (χ3v) is 5.64. The molecule has 0 bridgehead atoms. The van der Waals surface area contributed by atoms with Crippen molar-refractivity contribution < 1.29 is 5.11 Å². The van der Waals surface area contributed by atoms with Crippen LogP contribution in [0.3, 0.4) is 0 Å². The average molecular weight is 475 g/mol. The van der Waals surface area contributed by atoms with Gasteiger partial charge in [-0.1, -0.05) is 26.7 Å². The second-order valence-electron chi connectivity index (χ2n) is 6.80. The molecule has 3 aromatic rings. The summed E-state index contributed by atoms with van der Waals surface area (Å²) < 4.78 is 1.17. The Morgan fingerprint density at radius 1 is 1.07 bits per heavy atom. The summed E-state index contributed by atoms with van der Waals surface area (Å²) >= 11 is 2.30. The van der Waals surface area contributed by atoms with Crippen molar-refractivity contribution >= 4 is 44.9 Å². The van der Waals surface area contributed by atoms with Crippen molar-refractivity contribution in [1.29, 1.82) is 0 Å². The highest BCUT2D eigenvalue weighted by Crippen LogP contribution is 2.28. The predicted octanol–water partition coefficient (Wildman–Crippen LogP) is 5.81. The molecule has 0 saturated heterocycles. The number of fused-ring (bicyclic) bond motifs is 1. The summed E-state index contributed by atoms with van der Waals surface area (Å²) in [5.74, 6) is 1.01. The fourth-order valence-corrected chi connectivity index (χ4v) is 3.65. The monoisotopic (exact) mass is 475 g/mol. The first-order valence-electron chi connectivity index (χ1n) is 9.44. The Bertz CT molecular complexity index is 909. The average Bonchev–Trinajstić information content (AvgIpc) is 2.67. The van der Waals surface area contributed by atoms with Crippen LogP contribution in [0.4, 0.5) is 11.4 Å².